The molecule has 4 nitrogen and oxygen atoms in total. The minimum atomic E-state index is -0.900. The third-order valence-corrected chi connectivity index (χ3v) is 5.09. The van der Waals surface area contributed by atoms with Crippen LogP contribution in [0.5, 0.6) is 5.75 Å². The maximum absolute atomic E-state index is 6.01. The van der Waals surface area contributed by atoms with Crippen LogP contribution in [-0.4, -0.2) is 13.3 Å². The summed E-state index contributed by atoms with van der Waals surface area (Å²) in [5.41, 5.74) is 9.09. The van der Waals surface area contributed by atoms with Crippen molar-refractivity contribution in [1.82, 2.24) is 0 Å². The second kappa shape index (κ2) is 6.61. The van der Waals surface area contributed by atoms with E-state index in [0.29, 0.717) is 6.61 Å². The molecule has 1 heterocycles. The predicted octanol–water partition coefficient (Wildman–Crippen LogP) is 3.75. The van der Waals surface area contributed by atoms with Gasteiger partial charge in [-0.05, 0) is 54.7 Å². The Hall–Kier alpha value is -1.35. The highest BCUT2D eigenvalue weighted by Gasteiger charge is 2.24. The van der Waals surface area contributed by atoms with Crippen molar-refractivity contribution in [1.29, 1.82) is 0 Å². The average Bonchev–Trinajstić information content (AvgIpc) is 2.50. The van der Waals surface area contributed by atoms with Crippen molar-refractivity contribution in [3.8, 4) is 5.75 Å². The van der Waals surface area contributed by atoms with E-state index in [9.17, 15) is 0 Å². The fourth-order valence-corrected chi connectivity index (χ4v) is 4.01. The zero-order chi connectivity index (χ0) is 14.7. The zero-order valence-electron chi connectivity index (χ0n) is 12.2. The molecule has 1 aromatic rings. The molecule has 5 heteroatoms. The van der Waals surface area contributed by atoms with Crippen LogP contribution in [-0.2, 0) is 15.2 Å². The Morgan fingerprint density at radius 3 is 3.10 bits per heavy atom. The lowest BCUT2D eigenvalue weighted by atomic mass is 10.0. The van der Waals surface area contributed by atoms with E-state index >= 15 is 0 Å². The number of aryl methyl sites for hydroxylation is 1. The Kier molecular flexibility index (Phi) is 4.59. The average molecular weight is 305 g/mol. The first-order chi connectivity index (χ1) is 10.3. The summed E-state index contributed by atoms with van der Waals surface area (Å²) >= 11 is 0. The molecular weight excluding hydrogens is 285 g/mol. The number of ether oxygens (including phenoxy) is 1. The van der Waals surface area contributed by atoms with E-state index < -0.39 is 8.38 Å². The molecule has 0 radical (unpaired) electrons. The van der Waals surface area contributed by atoms with Gasteiger partial charge in [0, 0.05) is 0 Å². The lowest BCUT2D eigenvalue weighted by Gasteiger charge is -2.28. The van der Waals surface area contributed by atoms with Crippen molar-refractivity contribution < 1.29 is 13.8 Å². The predicted molar refractivity (Wildman–Crippen MR) is 83.9 cm³/mol. The maximum atomic E-state index is 6.01. The summed E-state index contributed by atoms with van der Waals surface area (Å²) in [7, 11) is -0.900. The maximum Gasteiger partial charge on any atom is 0.235 e. The van der Waals surface area contributed by atoms with E-state index in [-0.39, 0.29) is 6.73 Å². The molecule has 1 unspecified atom stereocenters. The number of hydrogen-bond acceptors (Lipinski definition) is 4. The van der Waals surface area contributed by atoms with E-state index in [4.69, 9.17) is 19.5 Å². The van der Waals surface area contributed by atoms with Crippen LogP contribution in [0.2, 0.25) is 0 Å². The summed E-state index contributed by atoms with van der Waals surface area (Å²) in [6.07, 6.45) is 7.20. The normalized spacial score (nSPS) is 21.0. The Morgan fingerprint density at radius 1 is 1.38 bits per heavy atom. The molecule has 0 fully saturated rings. The zero-order valence-corrected chi connectivity index (χ0v) is 13.1. The molecular formula is C16H20NO3P. The lowest BCUT2D eigenvalue weighted by Crippen LogP contribution is -2.10. The molecule has 1 aliphatic heterocycles. The molecule has 2 aliphatic rings. The van der Waals surface area contributed by atoms with Gasteiger partial charge in [-0.3, -0.25) is 5.73 Å². The molecule has 0 saturated heterocycles. The molecule has 3 rings (SSSR count). The topological polar surface area (TPSA) is 53.7 Å². The van der Waals surface area contributed by atoms with Crippen LogP contribution in [0.3, 0.4) is 0 Å². The molecule has 0 saturated carbocycles. The van der Waals surface area contributed by atoms with Crippen molar-refractivity contribution >= 4 is 8.38 Å². The first-order valence-electron chi connectivity index (χ1n) is 7.15. The van der Waals surface area contributed by atoms with Crippen molar-refractivity contribution in [3.05, 3.63) is 52.8 Å². The van der Waals surface area contributed by atoms with Crippen LogP contribution in [0, 0.1) is 6.92 Å². The van der Waals surface area contributed by atoms with Crippen LogP contribution in [0.25, 0.3) is 0 Å². The van der Waals surface area contributed by atoms with E-state index in [1.165, 1.54) is 16.7 Å². The quantitative estimate of drug-likeness (QED) is 0.680. The van der Waals surface area contributed by atoms with E-state index in [0.717, 1.165) is 30.5 Å². The summed E-state index contributed by atoms with van der Waals surface area (Å²) in [5, 5.41) is 0. The minimum Gasteiger partial charge on any atom is -0.479 e. The summed E-state index contributed by atoms with van der Waals surface area (Å²) in [6.45, 7) is 2.98. The van der Waals surface area contributed by atoms with Crippen LogP contribution in [0.1, 0.15) is 24.0 Å². The Morgan fingerprint density at radius 2 is 2.29 bits per heavy atom. The second-order valence-electron chi connectivity index (χ2n) is 5.16. The van der Waals surface area contributed by atoms with Gasteiger partial charge in [-0.1, -0.05) is 12.1 Å². The molecule has 1 aliphatic carbocycles. The monoisotopic (exact) mass is 305 g/mol. The van der Waals surface area contributed by atoms with E-state index in [1.54, 1.807) is 0 Å². The Labute approximate surface area is 126 Å². The number of rotatable bonds is 4. The Bertz CT molecular complexity index is 583. The summed E-state index contributed by atoms with van der Waals surface area (Å²) in [4.78, 5) is 0. The van der Waals surface area contributed by atoms with Crippen molar-refractivity contribution in [2.45, 2.75) is 25.9 Å². The van der Waals surface area contributed by atoms with Crippen molar-refractivity contribution in [2.75, 3.05) is 13.3 Å². The van der Waals surface area contributed by atoms with Crippen molar-refractivity contribution in [3.63, 3.8) is 0 Å². The van der Waals surface area contributed by atoms with Gasteiger partial charge in [0.1, 0.15) is 18.2 Å². The molecule has 112 valence electrons. The molecule has 0 spiro atoms. The van der Waals surface area contributed by atoms with Crippen LogP contribution in [0.4, 0.5) is 0 Å². The SMILES string of the molecule is Cc1cc(OCN)ccc1CP1OCC2=C(C=CCC2)O1. The molecule has 2 N–H and O–H groups in total. The first-order valence-corrected chi connectivity index (χ1v) is 8.52. The first kappa shape index (κ1) is 14.6. The highest BCUT2D eigenvalue weighted by atomic mass is 31.2. The van der Waals surface area contributed by atoms with E-state index in [1.807, 2.05) is 12.1 Å². The Balaban J connectivity index is 1.67. The number of nitrogens with two attached hydrogens (primary N) is 1. The van der Waals surface area contributed by atoms with Gasteiger partial charge in [0.15, 0.2) is 0 Å². The number of allylic oxidation sites excluding steroid dienone is 2. The third-order valence-electron chi connectivity index (χ3n) is 3.68. The van der Waals surface area contributed by atoms with Gasteiger partial charge in [-0.25, -0.2) is 0 Å². The number of hydrogen-bond donors (Lipinski definition) is 1. The summed E-state index contributed by atoms with van der Waals surface area (Å²) in [6, 6.07) is 6.02. The highest BCUT2D eigenvalue weighted by Crippen LogP contribution is 2.50. The minimum absolute atomic E-state index is 0.195. The smallest absolute Gasteiger partial charge is 0.235 e. The molecule has 0 amide bonds. The molecule has 21 heavy (non-hydrogen) atoms. The lowest BCUT2D eigenvalue weighted by molar-refractivity contribution is 0.275. The fraction of sp³-hybridized carbons (Fsp3) is 0.375. The third kappa shape index (κ3) is 3.46. The van der Waals surface area contributed by atoms with Gasteiger partial charge in [0.05, 0.1) is 12.8 Å². The largest absolute Gasteiger partial charge is 0.479 e. The molecule has 0 aromatic heterocycles. The van der Waals surface area contributed by atoms with Gasteiger partial charge in [-0.2, -0.15) is 0 Å². The van der Waals surface area contributed by atoms with Gasteiger partial charge in [0.25, 0.3) is 0 Å². The van der Waals surface area contributed by atoms with Crippen LogP contribution < -0.4 is 10.5 Å². The standard InChI is InChI=1S/C16H20NO3P/c1-12-8-15(18-11-17)7-6-14(12)10-21-19-9-13-4-2-3-5-16(13)20-21/h3,5-8H,2,4,9-11,17H2,1H3. The van der Waals surface area contributed by atoms with Crippen molar-refractivity contribution in [2.24, 2.45) is 5.73 Å². The van der Waals surface area contributed by atoms with Gasteiger partial charge in [-0.15, -0.1) is 0 Å². The fourth-order valence-electron chi connectivity index (χ4n) is 2.46. The molecule has 1 atom stereocenters. The highest BCUT2D eigenvalue weighted by molar-refractivity contribution is 7.46. The second-order valence-corrected chi connectivity index (χ2v) is 6.59. The van der Waals surface area contributed by atoms with E-state index in [2.05, 4.69) is 25.1 Å². The van der Waals surface area contributed by atoms with Gasteiger partial charge in [0.2, 0.25) is 8.38 Å². The number of benzene rings is 1. The molecule has 0 bridgehead atoms. The van der Waals surface area contributed by atoms with Crippen LogP contribution in [0.15, 0.2) is 41.7 Å². The van der Waals surface area contributed by atoms with Crippen LogP contribution >= 0.6 is 8.38 Å². The molecule has 1 aromatic carbocycles. The summed E-state index contributed by atoms with van der Waals surface area (Å²) < 4.78 is 17.2. The van der Waals surface area contributed by atoms with Gasteiger partial charge >= 0.3 is 0 Å². The van der Waals surface area contributed by atoms with Gasteiger partial charge < -0.3 is 13.8 Å². The summed E-state index contributed by atoms with van der Waals surface area (Å²) in [5.74, 6) is 1.83.